The first kappa shape index (κ1) is 14.8. The number of rotatable bonds is 2. The molecule has 0 fully saturated rings. The predicted molar refractivity (Wildman–Crippen MR) is 77.5 cm³/mol. The van der Waals surface area contributed by atoms with Crippen molar-refractivity contribution in [2.75, 3.05) is 12.5 Å². The van der Waals surface area contributed by atoms with Crippen molar-refractivity contribution in [3.05, 3.63) is 60.7 Å². The number of hydrogen-bond acceptors (Lipinski definition) is 2. The summed E-state index contributed by atoms with van der Waals surface area (Å²) in [6.07, 6.45) is 3.35. The lowest BCUT2D eigenvalue weighted by Gasteiger charge is -1.90. The summed E-state index contributed by atoms with van der Waals surface area (Å²) >= 11 is 0. The topological polar surface area (TPSA) is 34.1 Å². The van der Waals surface area contributed by atoms with Crippen LogP contribution in [0.5, 0.6) is 0 Å². The van der Waals surface area contributed by atoms with E-state index in [4.69, 9.17) is 0 Å². The maximum atomic E-state index is 10.8. The van der Waals surface area contributed by atoms with Gasteiger partial charge in [0.25, 0.3) is 0 Å². The van der Waals surface area contributed by atoms with Crippen LogP contribution in [0.15, 0.2) is 70.5 Å². The fourth-order valence-corrected chi connectivity index (χ4v) is 2.31. The van der Waals surface area contributed by atoms with Crippen LogP contribution in [0.2, 0.25) is 0 Å². The molecule has 2 rings (SSSR count). The molecule has 0 heterocycles. The van der Waals surface area contributed by atoms with E-state index in [0.717, 1.165) is 9.79 Å². The molecule has 4 heteroatoms. The molecule has 2 unspecified atom stereocenters. The molecule has 96 valence electrons. The molecule has 0 radical (unpaired) electrons. The van der Waals surface area contributed by atoms with Crippen LogP contribution in [0.25, 0.3) is 0 Å². The maximum absolute atomic E-state index is 10.8. The second-order valence-corrected chi connectivity index (χ2v) is 6.29. The quantitative estimate of drug-likeness (QED) is 0.847. The van der Waals surface area contributed by atoms with Crippen molar-refractivity contribution in [3.8, 4) is 0 Å². The molecule has 0 saturated carbocycles. The predicted octanol–water partition coefficient (Wildman–Crippen LogP) is 2.85. The molecule has 0 saturated heterocycles. The Morgan fingerprint density at radius 1 is 0.611 bits per heavy atom. The van der Waals surface area contributed by atoms with E-state index >= 15 is 0 Å². The summed E-state index contributed by atoms with van der Waals surface area (Å²) in [7, 11) is -1.66. The van der Waals surface area contributed by atoms with Crippen LogP contribution in [-0.4, -0.2) is 20.9 Å². The van der Waals surface area contributed by atoms with Crippen LogP contribution in [0, 0.1) is 0 Å². The Labute approximate surface area is 113 Å². The Morgan fingerprint density at radius 2 is 0.889 bits per heavy atom. The van der Waals surface area contributed by atoms with Gasteiger partial charge in [-0.25, -0.2) is 0 Å². The lowest BCUT2D eigenvalue weighted by Crippen LogP contribution is -1.83. The third-order valence-corrected chi connectivity index (χ3v) is 4.02. The zero-order chi connectivity index (χ0) is 13.4. The Hall–Kier alpha value is -1.26. The molecular formula is C14H16O2S2. The van der Waals surface area contributed by atoms with E-state index in [9.17, 15) is 8.42 Å². The minimum atomic E-state index is -0.829. The first-order valence-electron chi connectivity index (χ1n) is 5.38. The van der Waals surface area contributed by atoms with Crippen molar-refractivity contribution in [1.82, 2.24) is 0 Å². The highest BCUT2D eigenvalue weighted by atomic mass is 32.2. The average Bonchev–Trinajstić information content (AvgIpc) is 2.41. The van der Waals surface area contributed by atoms with Crippen molar-refractivity contribution in [3.63, 3.8) is 0 Å². The monoisotopic (exact) mass is 280 g/mol. The molecule has 2 nitrogen and oxygen atoms in total. The van der Waals surface area contributed by atoms with Gasteiger partial charge in [-0.3, -0.25) is 8.42 Å². The minimum absolute atomic E-state index is 0.829. The van der Waals surface area contributed by atoms with Gasteiger partial charge in [0.15, 0.2) is 0 Å². The molecule has 0 aromatic heterocycles. The Kier molecular flexibility index (Phi) is 6.54. The highest BCUT2D eigenvalue weighted by Crippen LogP contribution is 2.02. The first-order valence-corrected chi connectivity index (χ1v) is 8.50. The van der Waals surface area contributed by atoms with Gasteiger partial charge in [0.05, 0.1) is 0 Å². The Bertz CT molecular complexity index is 460. The van der Waals surface area contributed by atoms with Crippen LogP contribution in [-0.2, 0) is 21.6 Å². The van der Waals surface area contributed by atoms with Gasteiger partial charge in [-0.15, -0.1) is 0 Å². The second-order valence-electron chi connectivity index (χ2n) is 3.53. The molecule has 2 aromatic carbocycles. The van der Waals surface area contributed by atoms with E-state index in [1.165, 1.54) is 0 Å². The van der Waals surface area contributed by atoms with Crippen LogP contribution in [0.1, 0.15) is 0 Å². The van der Waals surface area contributed by atoms with E-state index < -0.39 is 21.6 Å². The van der Waals surface area contributed by atoms with Gasteiger partial charge >= 0.3 is 0 Å². The number of benzene rings is 2. The summed E-state index contributed by atoms with van der Waals surface area (Å²) in [5.74, 6) is 0. The van der Waals surface area contributed by atoms with Gasteiger partial charge < -0.3 is 0 Å². The number of hydrogen-bond donors (Lipinski definition) is 0. The highest BCUT2D eigenvalue weighted by molar-refractivity contribution is 7.84. The Morgan fingerprint density at radius 3 is 1.06 bits per heavy atom. The van der Waals surface area contributed by atoms with E-state index in [2.05, 4.69) is 0 Å². The van der Waals surface area contributed by atoms with Gasteiger partial charge in [0.1, 0.15) is 0 Å². The second kappa shape index (κ2) is 7.95. The SMILES string of the molecule is CS(=O)c1ccccc1.CS(=O)c1ccccc1. The van der Waals surface area contributed by atoms with E-state index in [1.807, 2.05) is 60.7 Å². The lowest BCUT2D eigenvalue weighted by molar-refractivity contribution is 0.686. The molecule has 2 aromatic rings. The van der Waals surface area contributed by atoms with Crippen molar-refractivity contribution < 1.29 is 8.42 Å². The summed E-state index contributed by atoms with van der Waals surface area (Å²) in [6.45, 7) is 0. The zero-order valence-electron chi connectivity index (χ0n) is 10.4. The van der Waals surface area contributed by atoms with Crippen molar-refractivity contribution >= 4 is 21.6 Å². The molecule has 0 bridgehead atoms. The third kappa shape index (κ3) is 5.38. The zero-order valence-corrected chi connectivity index (χ0v) is 12.0. The standard InChI is InChI=1S/2C7H8OS/c2*1-9(8)7-5-3-2-4-6-7/h2*2-6H,1H3. The van der Waals surface area contributed by atoms with Crippen molar-refractivity contribution in [1.29, 1.82) is 0 Å². The Balaban J connectivity index is 0.000000180. The third-order valence-electron chi connectivity index (χ3n) is 2.15. The fourth-order valence-electron chi connectivity index (χ4n) is 1.22. The van der Waals surface area contributed by atoms with Gasteiger partial charge in [-0.05, 0) is 24.3 Å². The van der Waals surface area contributed by atoms with Gasteiger partial charge in [0, 0.05) is 43.9 Å². The maximum Gasteiger partial charge on any atom is 0.0498 e. The van der Waals surface area contributed by atoms with Crippen molar-refractivity contribution in [2.24, 2.45) is 0 Å². The molecule has 0 aliphatic rings. The summed E-state index contributed by atoms with van der Waals surface area (Å²) in [5, 5.41) is 0. The molecule has 0 amide bonds. The van der Waals surface area contributed by atoms with Crippen LogP contribution >= 0.6 is 0 Å². The minimum Gasteiger partial charge on any atom is -0.255 e. The molecule has 0 aliphatic heterocycles. The molecule has 0 aliphatic carbocycles. The molecule has 0 spiro atoms. The molecular weight excluding hydrogens is 264 g/mol. The van der Waals surface area contributed by atoms with E-state index in [1.54, 1.807) is 12.5 Å². The lowest BCUT2D eigenvalue weighted by atomic mass is 10.4. The summed E-state index contributed by atoms with van der Waals surface area (Å²) in [4.78, 5) is 1.77. The molecule has 18 heavy (non-hydrogen) atoms. The van der Waals surface area contributed by atoms with Gasteiger partial charge in [-0.1, -0.05) is 36.4 Å². The van der Waals surface area contributed by atoms with Gasteiger partial charge in [0.2, 0.25) is 0 Å². The smallest absolute Gasteiger partial charge is 0.0498 e. The van der Waals surface area contributed by atoms with Gasteiger partial charge in [-0.2, -0.15) is 0 Å². The summed E-state index contributed by atoms with van der Waals surface area (Å²) < 4.78 is 21.5. The fraction of sp³-hybridized carbons (Fsp3) is 0.143. The van der Waals surface area contributed by atoms with Crippen LogP contribution in [0.4, 0.5) is 0 Å². The molecule has 0 N–H and O–H groups in total. The molecule has 2 atom stereocenters. The first-order chi connectivity index (χ1) is 8.61. The van der Waals surface area contributed by atoms with E-state index in [-0.39, 0.29) is 0 Å². The van der Waals surface area contributed by atoms with Crippen LogP contribution in [0.3, 0.4) is 0 Å². The highest BCUT2D eigenvalue weighted by Gasteiger charge is 1.91. The van der Waals surface area contributed by atoms with Crippen LogP contribution < -0.4 is 0 Å². The summed E-state index contributed by atoms with van der Waals surface area (Å²) in [5.41, 5.74) is 0. The largest absolute Gasteiger partial charge is 0.255 e. The van der Waals surface area contributed by atoms with E-state index in [0.29, 0.717) is 0 Å². The van der Waals surface area contributed by atoms with Crippen molar-refractivity contribution in [2.45, 2.75) is 9.79 Å². The normalized spacial score (nSPS) is 13.0. The average molecular weight is 280 g/mol. The summed E-state index contributed by atoms with van der Waals surface area (Å²) in [6, 6.07) is 18.8.